The Morgan fingerprint density at radius 2 is 1.63 bits per heavy atom. The largest absolute Gasteiger partial charge is 0.465 e. The Morgan fingerprint density at radius 3 is 2.27 bits per heavy atom. The van der Waals surface area contributed by atoms with E-state index in [4.69, 9.17) is 43.4 Å². The summed E-state index contributed by atoms with van der Waals surface area (Å²) in [7, 11) is 1.33. The molecule has 5 aromatic rings. The summed E-state index contributed by atoms with van der Waals surface area (Å²) in [4.78, 5) is 16.5. The van der Waals surface area contributed by atoms with Crippen LogP contribution in [0.2, 0.25) is 10.0 Å². The van der Waals surface area contributed by atoms with Gasteiger partial charge in [-0.3, -0.25) is 0 Å². The Hall–Kier alpha value is -4.52. The van der Waals surface area contributed by atoms with Gasteiger partial charge in [-0.25, -0.2) is 9.78 Å². The van der Waals surface area contributed by atoms with Crippen molar-refractivity contribution in [3.63, 3.8) is 0 Å². The molecule has 0 bridgehead atoms. The molecule has 0 aliphatic heterocycles. The van der Waals surface area contributed by atoms with Gasteiger partial charge in [-0.2, -0.15) is 0 Å². The van der Waals surface area contributed by atoms with E-state index in [1.165, 1.54) is 13.2 Å². The minimum atomic E-state index is -0.449. The Labute approximate surface area is 248 Å². The van der Waals surface area contributed by atoms with Crippen LogP contribution < -0.4 is 10.5 Å². The molecule has 0 unspecified atom stereocenters. The number of carbonyl (C=O) groups excluding carboxylic acids is 1. The number of halogens is 2. The number of nitrogens with two attached hydrogens (primary N) is 1. The van der Waals surface area contributed by atoms with Crippen molar-refractivity contribution in [2.24, 2.45) is 0 Å². The van der Waals surface area contributed by atoms with Gasteiger partial charge in [0.2, 0.25) is 0 Å². The molecule has 0 saturated heterocycles. The fourth-order valence-corrected chi connectivity index (χ4v) is 4.83. The summed E-state index contributed by atoms with van der Waals surface area (Å²) in [6, 6.07) is 26.2. The Bertz CT molecular complexity index is 1730. The van der Waals surface area contributed by atoms with E-state index in [0.29, 0.717) is 32.8 Å². The summed E-state index contributed by atoms with van der Waals surface area (Å²) >= 11 is 12.5. The number of hydrogen-bond donors (Lipinski definition) is 1. The summed E-state index contributed by atoms with van der Waals surface area (Å²) in [6.07, 6.45) is 6.04. The van der Waals surface area contributed by atoms with Crippen LogP contribution in [0, 0.1) is 0 Å². The van der Waals surface area contributed by atoms with Gasteiger partial charge in [-0.1, -0.05) is 65.7 Å². The minimum absolute atomic E-state index is 0.354. The summed E-state index contributed by atoms with van der Waals surface area (Å²) in [6.45, 7) is 2.86. The highest BCUT2D eigenvalue weighted by atomic mass is 35.5. The first-order chi connectivity index (χ1) is 19.8. The molecule has 0 aliphatic rings. The molecule has 0 atom stereocenters. The molecule has 206 valence electrons. The molecular formula is C33H27Cl2N3O3. The van der Waals surface area contributed by atoms with E-state index in [9.17, 15) is 4.79 Å². The quantitative estimate of drug-likeness (QED) is 0.146. The highest BCUT2D eigenvalue weighted by Crippen LogP contribution is 2.32. The number of nitrogen functional groups attached to an aromatic ring is 1. The SMILES string of the molecule is CCn1cc(-c2ccc(Cl)cc2Cl)nc1C=Cc1ccc(-c2ccc(Oc3ccc(C(=O)OC)cc3N)cc2)cc1. The molecule has 0 spiro atoms. The lowest BCUT2D eigenvalue weighted by atomic mass is 10.0. The standard InChI is InChI=1S/C33H27Cl2N3O3/c1-3-38-20-30(27-15-12-25(34)19-28(27)35)37-32(38)17-6-21-4-7-22(8-5-21)23-9-13-26(14-10-23)41-31-16-11-24(18-29(31)36)33(39)40-2/h4-20H,3,36H2,1-2H3. The van der Waals surface area contributed by atoms with Crippen LogP contribution in [0.25, 0.3) is 34.5 Å². The lowest BCUT2D eigenvalue weighted by Gasteiger charge is -2.10. The number of nitrogens with zero attached hydrogens (tertiary/aromatic N) is 2. The number of imidazole rings is 1. The number of anilines is 1. The van der Waals surface area contributed by atoms with Crippen molar-refractivity contribution < 1.29 is 14.3 Å². The van der Waals surface area contributed by atoms with E-state index >= 15 is 0 Å². The van der Waals surface area contributed by atoms with Crippen LogP contribution in [0.3, 0.4) is 0 Å². The number of aromatic nitrogens is 2. The normalized spacial score (nSPS) is 11.1. The van der Waals surface area contributed by atoms with Crippen molar-refractivity contribution in [2.75, 3.05) is 12.8 Å². The topological polar surface area (TPSA) is 79.4 Å². The molecule has 0 saturated carbocycles. The number of aryl methyl sites for hydroxylation is 1. The number of benzene rings is 4. The van der Waals surface area contributed by atoms with Crippen molar-refractivity contribution in [1.82, 2.24) is 9.55 Å². The van der Waals surface area contributed by atoms with E-state index in [1.54, 1.807) is 18.2 Å². The van der Waals surface area contributed by atoms with E-state index in [1.807, 2.05) is 54.7 Å². The fourth-order valence-electron chi connectivity index (χ4n) is 4.33. The highest BCUT2D eigenvalue weighted by Gasteiger charge is 2.12. The van der Waals surface area contributed by atoms with Gasteiger partial charge in [0, 0.05) is 23.3 Å². The van der Waals surface area contributed by atoms with E-state index < -0.39 is 5.97 Å². The molecule has 4 aromatic carbocycles. The minimum Gasteiger partial charge on any atom is -0.465 e. The molecule has 1 heterocycles. The highest BCUT2D eigenvalue weighted by molar-refractivity contribution is 6.36. The number of methoxy groups -OCH3 is 1. The third kappa shape index (κ3) is 6.46. The average molecular weight is 585 g/mol. The first-order valence-electron chi connectivity index (χ1n) is 12.9. The fraction of sp³-hybridized carbons (Fsp3) is 0.0909. The van der Waals surface area contributed by atoms with Crippen molar-refractivity contribution in [2.45, 2.75) is 13.5 Å². The van der Waals surface area contributed by atoms with Crippen LogP contribution >= 0.6 is 23.2 Å². The second kappa shape index (κ2) is 12.3. The van der Waals surface area contributed by atoms with Gasteiger partial charge in [0.1, 0.15) is 17.3 Å². The average Bonchev–Trinajstić information content (AvgIpc) is 3.40. The Kier molecular flexibility index (Phi) is 8.43. The van der Waals surface area contributed by atoms with E-state index in [-0.39, 0.29) is 0 Å². The zero-order chi connectivity index (χ0) is 28.9. The van der Waals surface area contributed by atoms with Crippen LogP contribution in [0.4, 0.5) is 5.69 Å². The van der Waals surface area contributed by atoms with Crippen molar-refractivity contribution in [3.05, 3.63) is 118 Å². The lowest BCUT2D eigenvalue weighted by molar-refractivity contribution is 0.0601. The van der Waals surface area contributed by atoms with Gasteiger partial charge >= 0.3 is 5.97 Å². The lowest BCUT2D eigenvalue weighted by Crippen LogP contribution is -2.02. The zero-order valence-electron chi connectivity index (χ0n) is 22.5. The number of carbonyl (C=O) groups is 1. The van der Waals surface area contributed by atoms with Crippen LogP contribution in [0.15, 0.2) is 91.1 Å². The summed E-state index contributed by atoms with van der Waals surface area (Å²) < 4.78 is 12.7. The second-order valence-corrected chi connectivity index (χ2v) is 10.1. The predicted molar refractivity (Wildman–Crippen MR) is 166 cm³/mol. The van der Waals surface area contributed by atoms with Crippen LogP contribution in [-0.4, -0.2) is 22.6 Å². The summed E-state index contributed by atoms with van der Waals surface area (Å²) in [5.41, 5.74) is 11.6. The van der Waals surface area contributed by atoms with Crippen LogP contribution in [-0.2, 0) is 11.3 Å². The Balaban J connectivity index is 1.27. The number of esters is 1. The monoisotopic (exact) mass is 583 g/mol. The van der Waals surface area contributed by atoms with Crippen molar-refractivity contribution in [3.8, 4) is 33.9 Å². The van der Waals surface area contributed by atoms with Gasteiger partial charge in [0.15, 0.2) is 0 Å². The van der Waals surface area contributed by atoms with Gasteiger partial charge in [0.05, 0.1) is 29.1 Å². The predicted octanol–water partition coefficient (Wildman–Crippen LogP) is 8.88. The molecule has 1 aromatic heterocycles. The van der Waals surface area contributed by atoms with E-state index in [0.717, 1.165) is 40.3 Å². The smallest absolute Gasteiger partial charge is 0.337 e. The molecule has 6 nitrogen and oxygen atoms in total. The number of hydrogen-bond acceptors (Lipinski definition) is 5. The number of ether oxygens (including phenoxy) is 2. The molecule has 41 heavy (non-hydrogen) atoms. The molecule has 0 fully saturated rings. The maximum absolute atomic E-state index is 11.7. The molecular weight excluding hydrogens is 557 g/mol. The summed E-state index contributed by atoms with van der Waals surface area (Å²) in [5, 5.41) is 1.16. The van der Waals surface area contributed by atoms with Gasteiger partial charge in [-0.15, -0.1) is 0 Å². The van der Waals surface area contributed by atoms with E-state index in [2.05, 4.69) is 35.8 Å². The molecule has 0 radical (unpaired) electrons. The number of rotatable bonds is 8. The molecule has 0 amide bonds. The third-order valence-corrected chi connectivity index (χ3v) is 7.08. The zero-order valence-corrected chi connectivity index (χ0v) is 24.0. The molecule has 0 aliphatic carbocycles. The molecule has 8 heteroatoms. The first kappa shape index (κ1) is 28.0. The maximum Gasteiger partial charge on any atom is 0.337 e. The van der Waals surface area contributed by atoms with Gasteiger partial charge in [0.25, 0.3) is 0 Å². The molecule has 5 rings (SSSR count). The molecule has 2 N–H and O–H groups in total. The maximum atomic E-state index is 11.7. The van der Waals surface area contributed by atoms with Crippen LogP contribution in [0.5, 0.6) is 11.5 Å². The summed E-state index contributed by atoms with van der Waals surface area (Å²) in [5.74, 6) is 1.49. The van der Waals surface area contributed by atoms with Gasteiger partial charge < -0.3 is 19.8 Å². The van der Waals surface area contributed by atoms with Crippen LogP contribution in [0.1, 0.15) is 28.7 Å². The second-order valence-electron chi connectivity index (χ2n) is 9.22. The van der Waals surface area contributed by atoms with Gasteiger partial charge in [-0.05, 0) is 78.2 Å². The van der Waals surface area contributed by atoms with Crippen molar-refractivity contribution in [1.29, 1.82) is 0 Å². The Morgan fingerprint density at radius 1 is 0.927 bits per heavy atom. The van der Waals surface area contributed by atoms with Crippen molar-refractivity contribution >= 4 is 47.0 Å². The first-order valence-corrected chi connectivity index (χ1v) is 13.7. The third-order valence-electron chi connectivity index (χ3n) is 6.54.